The molecule has 0 bridgehead atoms. The van der Waals surface area contributed by atoms with Gasteiger partial charge in [0.05, 0.1) is 6.26 Å². The maximum atomic E-state index is 13.2. The lowest BCUT2D eigenvalue weighted by atomic mass is 10.1. The van der Waals surface area contributed by atoms with Crippen molar-refractivity contribution < 1.29 is 18.4 Å². The largest absolute Gasteiger partial charge is 0.459 e. The number of unbranched alkanes of at least 4 members (excludes halogenated alkanes) is 2. The van der Waals surface area contributed by atoms with Crippen molar-refractivity contribution in [2.24, 2.45) is 0 Å². The van der Waals surface area contributed by atoms with Crippen LogP contribution in [0.5, 0.6) is 0 Å². The van der Waals surface area contributed by atoms with Gasteiger partial charge in [-0.05, 0) is 36.2 Å². The van der Waals surface area contributed by atoms with Crippen molar-refractivity contribution in [2.45, 2.75) is 39.2 Å². The number of rotatable bonds is 10. The first-order valence-electron chi connectivity index (χ1n) is 11.1. The topological polar surface area (TPSA) is 57.0 Å². The number of amides is 2. The van der Waals surface area contributed by atoms with Crippen molar-refractivity contribution >= 4 is 11.8 Å². The fourth-order valence-corrected chi connectivity index (χ4v) is 3.78. The zero-order valence-corrected chi connectivity index (χ0v) is 18.3. The Hall–Kier alpha value is -2.67. The Morgan fingerprint density at radius 3 is 2.45 bits per heavy atom. The fraction of sp³-hybridized carbons (Fsp3) is 0.500. The van der Waals surface area contributed by atoms with Crippen LogP contribution in [0.4, 0.5) is 4.39 Å². The lowest BCUT2D eigenvalue weighted by Gasteiger charge is -2.35. The average Bonchev–Trinajstić information content (AvgIpc) is 3.33. The first-order valence-corrected chi connectivity index (χ1v) is 11.1. The molecule has 1 aliphatic heterocycles. The summed E-state index contributed by atoms with van der Waals surface area (Å²) in [5.74, 6) is 0.168. The third-order valence-corrected chi connectivity index (χ3v) is 5.71. The van der Waals surface area contributed by atoms with Gasteiger partial charge in [0.2, 0.25) is 5.91 Å². The molecular formula is C24H32FN3O3. The van der Waals surface area contributed by atoms with Crippen molar-refractivity contribution in [1.82, 2.24) is 14.7 Å². The van der Waals surface area contributed by atoms with E-state index in [0.29, 0.717) is 38.4 Å². The van der Waals surface area contributed by atoms with Crippen LogP contribution in [0, 0.1) is 5.82 Å². The fourth-order valence-electron chi connectivity index (χ4n) is 3.78. The summed E-state index contributed by atoms with van der Waals surface area (Å²) < 4.78 is 18.4. The van der Waals surface area contributed by atoms with Crippen LogP contribution in [-0.4, -0.2) is 65.8 Å². The molecule has 7 heteroatoms. The highest BCUT2D eigenvalue weighted by atomic mass is 19.1. The minimum atomic E-state index is -0.272. The third kappa shape index (κ3) is 6.92. The molecule has 0 radical (unpaired) electrons. The van der Waals surface area contributed by atoms with E-state index in [1.165, 1.54) is 18.4 Å². The van der Waals surface area contributed by atoms with Crippen molar-refractivity contribution in [3.05, 3.63) is 59.8 Å². The molecule has 1 fully saturated rings. The Morgan fingerprint density at radius 1 is 1.06 bits per heavy atom. The molecule has 2 amide bonds. The molecule has 168 valence electrons. The summed E-state index contributed by atoms with van der Waals surface area (Å²) in [5.41, 5.74) is 0.930. The number of halogens is 1. The van der Waals surface area contributed by atoms with Crippen LogP contribution in [-0.2, 0) is 11.3 Å². The van der Waals surface area contributed by atoms with E-state index in [1.807, 2.05) is 9.80 Å². The van der Waals surface area contributed by atoms with E-state index < -0.39 is 0 Å². The number of nitrogens with zero attached hydrogens (tertiary/aromatic N) is 3. The van der Waals surface area contributed by atoms with Crippen LogP contribution < -0.4 is 0 Å². The molecule has 2 aromatic rings. The van der Waals surface area contributed by atoms with Crippen molar-refractivity contribution in [2.75, 3.05) is 39.3 Å². The Bertz CT molecular complexity index is 815. The van der Waals surface area contributed by atoms with Crippen LogP contribution in [0.25, 0.3) is 0 Å². The third-order valence-electron chi connectivity index (χ3n) is 5.71. The lowest BCUT2D eigenvalue weighted by Crippen LogP contribution is -2.50. The van der Waals surface area contributed by atoms with E-state index in [0.717, 1.165) is 44.5 Å². The number of hydrogen-bond donors (Lipinski definition) is 0. The van der Waals surface area contributed by atoms with Gasteiger partial charge < -0.3 is 14.2 Å². The first kappa shape index (κ1) is 23.0. The zero-order valence-electron chi connectivity index (χ0n) is 18.3. The van der Waals surface area contributed by atoms with Crippen molar-refractivity contribution in [3.63, 3.8) is 0 Å². The number of piperazine rings is 1. The maximum Gasteiger partial charge on any atom is 0.289 e. The standard InChI is InChI=1S/C24H32FN3O3/c1-2-3-4-7-23(29)28(19-20-8-10-21(25)11-9-20)17-14-26-12-15-27(16-13-26)24(30)22-6-5-18-31-22/h5-6,8-11,18H,2-4,7,12-17,19H2,1H3. The smallest absolute Gasteiger partial charge is 0.289 e. The molecule has 6 nitrogen and oxygen atoms in total. The molecule has 0 aliphatic carbocycles. The van der Waals surface area contributed by atoms with Gasteiger partial charge in [-0.3, -0.25) is 14.5 Å². The predicted octanol–water partition coefficient (Wildman–Crippen LogP) is 3.79. The van der Waals surface area contributed by atoms with Gasteiger partial charge >= 0.3 is 0 Å². The van der Waals surface area contributed by atoms with E-state index >= 15 is 0 Å². The van der Waals surface area contributed by atoms with Crippen LogP contribution >= 0.6 is 0 Å². The summed E-state index contributed by atoms with van der Waals surface area (Å²) in [6.45, 7) is 6.79. The van der Waals surface area contributed by atoms with Crippen LogP contribution in [0.3, 0.4) is 0 Å². The molecule has 2 heterocycles. The van der Waals surface area contributed by atoms with Crippen LogP contribution in [0.15, 0.2) is 47.1 Å². The number of carbonyl (C=O) groups excluding carboxylic acids is 2. The molecule has 1 saturated heterocycles. The minimum absolute atomic E-state index is 0.0753. The second-order valence-corrected chi connectivity index (χ2v) is 8.01. The lowest BCUT2D eigenvalue weighted by molar-refractivity contribution is -0.132. The van der Waals surface area contributed by atoms with Gasteiger partial charge in [-0.15, -0.1) is 0 Å². The second-order valence-electron chi connectivity index (χ2n) is 8.01. The molecule has 0 unspecified atom stereocenters. The molecular weight excluding hydrogens is 397 g/mol. The highest BCUT2D eigenvalue weighted by Crippen LogP contribution is 2.12. The Kier molecular flexibility index (Phi) is 8.64. The van der Waals surface area contributed by atoms with Crippen molar-refractivity contribution in [3.8, 4) is 0 Å². The van der Waals surface area contributed by atoms with Gasteiger partial charge in [0.25, 0.3) is 5.91 Å². The van der Waals surface area contributed by atoms with Gasteiger partial charge in [0.15, 0.2) is 5.76 Å². The number of benzene rings is 1. The number of furan rings is 1. The van der Waals surface area contributed by atoms with Gasteiger partial charge in [-0.25, -0.2) is 4.39 Å². The first-order chi connectivity index (χ1) is 15.1. The molecule has 3 rings (SSSR count). The van der Waals surface area contributed by atoms with E-state index in [9.17, 15) is 14.0 Å². The average molecular weight is 430 g/mol. The number of carbonyl (C=O) groups is 2. The van der Waals surface area contributed by atoms with E-state index in [1.54, 1.807) is 24.3 Å². The SMILES string of the molecule is CCCCCC(=O)N(CCN1CCN(C(=O)c2ccco2)CC1)Cc1ccc(F)cc1. The molecule has 1 aromatic heterocycles. The Morgan fingerprint density at radius 2 is 1.81 bits per heavy atom. The highest BCUT2D eigenvalue weighted by Gasteiger charge is 2.24. The van der Waals surface area contributed by atoms with Gasteiger partial charge in [0.1, 0.15) is 5.82 Å². The maximum absolute atomic E-state index is 13.2. The van der Waals surface area contributed by atoms with E-state index in [-0.39, 0.29) is 17.6 Å². The van der Waals surface area contributed by atoms with E-state index in [2.05, 4.69) is 11.8 Å². The van der Waals surface area contributed by atoms with E-state index in [4.69, 9.17) is 4.42 Å². The predicted molar refractivity (Wildman–Crippen MR) is 117 cm³/mol. The minimum Gasteiger partial charge on any atom is -0.459 e. The zero-order chi connectivity index (χ0) is 22.1. The summed E-state index contributed by atoms with van der Waals surface area (Å²) in [7, 11) is 0. The monoisotopic (exact) mass is 429 g/mol. The molecule has 0 atom stereocenters. The normalized spacial score (nSPS) is 14.6. The molecule has 1 aliphatic rings. The summed E-state index contributed by atoms with van der Waals surface area (Å²) >= 11 is 0. The van der Waals surface area contributed by atoms with Gasteiger partial charge in [-0.2, -0.15) is 0 Å². The molecule has 0 saturated carbocycles. The number of hydrogen-bond acceptors (Lipinski definition) is 4. The molecule has 31 heavy (non-hydrogen) atoms. The summed E-state index contributed by atoms with van der Waals surface area (Å²) in [4.78, 5) is 31.2. The van der Waals surface area contributed by atoms with Crippen LogP contribution in [0.1, 0.15) is 48.7 Å². The van der Waals surface area contributed by atoms with Gasteiger partial charge in [-0.1, -0.05) is 31.9 Å². The summed E-state index contributed by atoms with van der Waals surface area (Å²) in [6, 6.07) is 9.75. The van der Waals surface area contributed by atoms with Crippen molar-refractivity contribution in [1.29, 1.82) is 0 Å². The quantitative estimate of drug-likeness (QED) is 0.540. The summed E-state index contributed by atoms with van der Waals surface area (Å²) in [5, 5.41) is 0. The van der Waals surface area contributed by atoms with Gasteiger partial charge in [0, 0.05) is 52.2 Å². The molecule has 1 aromatic carbocycles. The molecule has 0 N–H and O–H groups in total. The Balaban J connectivity index is 1.51. The highest BCUT2D eigenvalue weighted by molar-refractivity contribution is 5.91. The second kappa shape index (κ2) is 11.6. The Labute approximate surface area is 183 Å². The molecule has 0 spiro atoms. The van der Waals surface area contributed by atoms with Crippen LogP contribution in [0.2, 0.25) is 0 Å². The summed E-state index contributed by atoms with van der Waals surface area (Å²) in [6.07, 6.45) is 5.06.